The van der Waals surface area contributed by atoms with Crippen molar-refractivity contribution < 1.29 is 9.59 Å². The lowest BCUT2D eigenvalue weighted by molar-refractivity contribution is -0.142. The molecule has 6 nitrogen and oxygen atoms in total. The molecule has 2 fully saturated rings. The first-order chi connectivity index (χ1) is 13.2. The fourth-order valence-electron chi connectivity index (χ4n) is 3.84. The number of thiazole rings is 1. The molecule has 0 bridgehead atoms. The average Bonchev–Trinajstić information content (AvgIpc) is 3.20. The minimum Gasteiger partial charge on any atom is -0.335 e. The Morgan fingerprint density at radius 3 is 2.81 bits per heavy atom. The summed E-state index contributed by atoms with van der Waals surface area (Å²) in [5.74, 6) is 0.350. The van der Waals surface area contributed by atoms with E-state index in [1.165, 1.54) is 11.3 Å². The van der Waals surface area contributed by atoms with E-state index in [2.05, 4.69) is 9.97 Å². The second-order valence-corrected chi connectivity index (χ2v) is 8.09. The van der Waals surface area contributed by atoms with E-state index in [4.69, 9.17) is 0 Å². The molecule has 4 rings (SSSR count). The van der Waals surface area contributed by atoms with Crippen LogP contribution >= 0.6 is 11.3 Å². The number of hydrogen-bond donors (Lipinski definition) is 0. The van der Waals surface area contributed by atoms with Crippen LogP contribution in [0.15, 0.2) is 35.4 Å². The van der Waals surface area contributed by atoms with Gasteiger partial charge in [0.2, 0.25) is 5.91 Å². The zero-order chi connectivity index (χ0) is 18.6. The van der Waals surface area contributed by atoms with Crippen LogP contribution in [0.5, 0.6) is 0 Å². The van der Waals surface area contributed by atoms with Crippen LogP contribution in [0.3, 0.4) is 0 Å². The molecule has 1 unspecified atom stereocenters. The summed E-state index contributed by atoms with van der Waals surface area (Å²) in [5, 5.41) is 1.79. The number of aromatic nitrogens is 2. The molecule has 7 heteroatoms. The van der Waals surface area contributed by atoms with Crippen molar-refractivity contribution in [1.29, 1.82) is 0 Å². The van der Waals surface area contributed by atoms with E-state index < -0.39 is 0 Å². The standard InChI is InChI=1S/C20H24N4O2S/c25-19(16-5-1-6-16)24(11-15-4-2-8-21-10-15)17-7-3-9-23(12-17)20(26)18-13-27-14-22-18/h2,4,8,10,13-14,16-17H,1,3,5-7,9,11-12H2. The summed E-state index contributed by atoms with van der Waals surface area (Å²) in [6.45, 7) is 1.87. The van der Waals surface area contributed by atoms with Gasteiger partial charge < -0.3 is 9.80 Å². The van der Waals surface area contributed by atoms with Crippen molar-refractivity contribution in [2.24, 2.45) is 5.92 Å². The highest BCUT2D eigenvalue weighted by atomic mass is 32.1. The summed E-state index contributed by atoms with van der Waals surface area (Å²) >= 11 is 1.43. The molecule has 0 radical (unpaired) electrons. The number of amides is 2. The van der Waals surface area contributed by atoms with Gasteiger partial charge in [0.05, 0.1) is 5.51 Å². The Balaban J connectivity index is 1.51. The van der Waals surface area contributed by atoms with Crippen molar-refractivity contribution in [3.05, 3.63) is 46.7 Å². The Hall–Kier alpha value is -2.28. The predicted molar refractivity (Wildman–Crippen MR) is 103 cm³/mol. The smallest absolute Gasteiger partial charge is 0.273 e. The van der Waals surface area contributed by atoms with Gasteiger partial charge in [-0.1, -0.05) is 12.5 Å². The third-order valence-electron chi connectivity index (χ3n) is 5.59. The van der Waals surface area contributed by atoms with Crippen molar-refractivity contribution >= 4 is 23.2 Å². The van der Waals surface area contributed by atoms with Crippen molar-refractivity contribution in [3.8, 4) is 0 Å². The summed E-state index contributed by atoms with van der Waals surface area (Å²) in [4.78, 5) is 38.0. The fourth-order valence-corrected chi connectivity index (χ4v) is 4.36. The maximum atomic E-state index is 13.1. The molecule has 1 atom stereocenters. The van der Waals surface area contributed by atoms with E-state index in [0.29, 0.717) is 18.8 Å². The molecule has 3 heterocycles. The molecule has 2 aromatic heterocycles. The van der Waals surface area contributed by atoms with Gasteiger partial charge in [-0.15, -0.1) is 11.3 Å². The van der Waals surface area contributed by atoms with Crippen LogP contribution in [0.2, 0.25) is 0 Å². The first-order valence-electron chi connectivity index (χ1n) is 9.59. The van der Waals surface area contributed by atoms with Crippen LogP contribution in [-0.2, 0) is 11.3 Å². The Kier molecular flexibility index (Phi) is 5.48. The van der Waals surface area contributed by atoms with E-state index in [9.17, 15) is 9.59 Å². The van der Waals surface area contributed by atoms with Gasteiger partial charge in [0.1, 0.15) is 5.69 Å². The minimum absolute atomic E-state index is 0.0293. The Morgan fingerprint density at radius 2 is 2.15 bits per heavy atom. The van der Waals surface area contributed by atoms with Gasteiger partial charge in [-0.2, -0.15) is 0 Å². The van der Waals surface area contributed by atoms with Crippen LogP contribution < -0.4 is 0 Å². The lowest BCUT2D eigenvalue weighted by Crippen LogP contribution is -2.53. The van der Waals surface area contributed by atoms with Crippen LogP contribution in [-0.4, -0.2) is 50.7 Å². The molecule has 27 heavy (non-hydrogen) atoms. The van der Waals surface area contributed by atoms with Gasteiger partial charge in [0.15, 0.2) is 0 Å². The number of pyridine rings is 1. The molecule has 0 aromatic carbocycles. The first kappa shape index (κ1) is 18.1. The molecule has 1 aliphatic carbocycles. The van der Waals surface area contributed by atoms with Gasteiger partial charge in [-0.25, -0.2) is 4.98 Å². The number of hydrogen-bond acceptors (Lipinski definition) is 5. The topological polar surface area (TPSA) is 66.4 Å². The summed E-state index contributed by atoms with van der Waals surface area (Å²) in [7, 11) is 0. The van der Waals surface area contributed by atoms with Crippen LogP contribution in [0.25, 0.3) is 0 Å². The van der Waals surface area contributed by atoms with Gasteiger partial charge >= 0.3 is 0 Å². The zero-order valence-corrected chi connectivity index (χ0v) is 16.1. The predicted octanol–water partition coefficient (Wildman–Crippen LogP) is 2.97. The average molecular weight is 385 g/mol. The zero-order valence-electron chi connectivity index (χ0n) is 15.3. The summed E-state index contributed by atoms with van der Waals surface area (Å²) < 4.78 is 0. The Bertz CT molecular complexity index is 777. The lowest BCUT2D eigenvalue weighted by Gasteiger charge is -2.41. The van der Waals surface area contributed by atoms with Crippen LogP contribution in [0.4, 0.5) is 0 Å². The third kappa shape index (κ3) is 4.03. The molecular formula is C20H24N4O2S. The van der Waals surface area contributed by atoms with E-state index >= 15 is 0 Å². The lowest BCUT2D eigenvalue weighted by atomic mass is 9.83. The molecule has 0 N–H and O–H groups in total. The highest BCUT2D eigenvalue weighted by Gasteiger charge is 2.36. The second-order valence-electron chi connectivity index (χ2n) is 7.38. The minimum atomic E-state index is -0.0293. The van der Waals surface area contributed by atoms with Gasteiger partial charge in [0.25, 0.3) is 5.91 Å². The SMILES string of the molecule is O=C(c1cscn1)N1CCCC(N(Cc2cccnc2)C(=O)C2CCC2)C1. The largest absolute Gasteiger partial charge is 0.335 e. The van der Waals surface area contributed by atoms with Crippen LogP contribution in [0.1, 0.15) is 48.2 Å². The molecule has 1 aliphatic heterocycles. The second kappa shape index (κ2) is 8.17. The van der Waals surface area contributed by atoms with E-state index in [-0.39, 0.29) is 23.8 Å². The third-order valence-corrected chi connectivity index (χ3v) is 6.18. The number of carbonyl (C=O) groups is 2. The molecule has 2 aromatic rings. The van der Waals surface area contributed by atoms with Gasteiger partial charge in [-0.05, 0) is 37.3 Å². The summed E-state index contributed by atoms with van der Waals surface area (Å²) in [6, 6.07) is 3.96. The fraction of sp³-hybridized carbons (Fsp3) is 0.500. The molecule has 1 saturated carbocycles. The van der Waals surface area contributed by atoms with Crippen molar-refractivity contribution in [3.63, 3.8) is 0 Å². The van der Waals surface area contributed by atoms with Crippen LogP contribution in [0, 0.1) is 5.92 Å². The Labute approximate surface area is 163 Å². The van der Waals surface area contributed by atoms with Crippen molar-refractivity contribution in [2.75, 3.05) is 13.1 Å². The maximum absolute atomic E-state index is 13.1. The van der Waals surface area contributed by atoms with Gasteiger partial charge in [0, 0.05) is 49.4 Å². The molecule has 2 amide bonds. The number of rotatable bonds is 5. The summed E-state index contributed by atoms with van der Waals surface area (Å²) in [6.07, 6.45) is 8.50. The molecule has 1 saturated heterocycles. The van der Waals surface area contributed by atoms with E-state index in [1.54, 1.807) is 17.1 Å². The molecular weight excluding hydrogens is 360 g/mol. The molecule has 2 aliphatic rings. The molecule has 0 spiro atoms. The number of nitrogens with zero attached hydrogens (tertiary/aromatic N) is 4. The highest BCUT2D eigenvalue weighted by Crippen LogP contribution is 2.31. The highest BCUT2D eigenvalue weighted by molar-refractivity contribution is 7.07. The van der Waals surface area contributed by atoms with E-state index in [0.717, 1.165) is 44.2 Å². The maximum Gasteiger partial charge on any atom is 0.273 e. The Morgan fingerprint density at radius 1 is 1.26 bits per heavy atom. The number of likely N-dealkylation sites (tertiary alicyclic amines) is 1. The van der Waals surface area contributed by atoms with E-state index in [1.807, 2.05) is 28.1 Å². The summed E-state index contributed by atoms with van der Waals surface area (Å²) in [5.41, 5.74) is 3.22. The number of piperidine rings is 1. The van der Waals surface area contributed by atoms with Crippen molar-refractivity contribution in [1.82, 2.24) is 19.8 Å². The normalized spacial score (nSPS) is 20.1. The number of carbonyl (C=O) groups excluding carboxylic acids is 2. The quantitative estimate of drug-likeness (QED) is 0.795. The van der Waals surface area contributed by atoms with Crippen molar-refractivity contribution in [2.45, 2.75) is 44.7 Å². The monoisotopic (exact) mass is 384 g/mol. The molecule has 142 valence electrons. The van der Waals surface area contributed by atoms with Gasteiger partial charge in [-0.3, -0.25) is 14.6 Å². The first-order valence-corrected chi connectivity index (χ1v) is 10.5.